The molecule has 4 heterocycles. The number of hydrogen-bond donors (Lipinski definition) is 2. The predicted octanol–water partition coefficient (Wildman–Crippen LogP) is 2.77. The van der Waals surface area contributed by atoms with Crippen molar-refractivity contribution in [2.45, 2.75) is 57.9 Å². The number of carbonyl (C=O) groups is 1. The SMILES string of the molecule is Cc1cccn2c(=O)c3cc(C(=O)NCCN4CCCCC4)c(=N)n(C4CCCC4)c3nc12. The number of hydrogen-bond acceptors (Lipinski definition) is 5. The normalized spacial score (nSPS) is 17.7. The van der Waals surface area contributed by atoms with Gasteiger partial charge in [-0.15, -0.1) is 0 Å². The van der Waals surface area contributed by atoms with E-state index in [1.54, 1.807) is 12.3 Å². The second-order valence-electron chi connectivity index (χ2n) is 9.41. The Bertz CT molecular complexity index is 1310. The molecule has 174 valence electrons. The van der Waals surface area contributed by atoms with E-state index < -0.39 is 0 Å². The van der Waals surface area contributed by atoms with Crippen molar-refractivity contribution in [2.75, 3.05) is 26.2 Å². The first-order valence-electron chi connectivity index (χ1n) is 12.2. The van der Waals surface area contributed by atoms with Crippen molar-refractivity contribution in [2.24, 2.45) is 0 Å². The second-order valence-corrected chi connectivity index (χ2v) is 9.41. The molecule has 0 atom stereocenters. The minimum absolute atomic E-state index is 0.0828. The minimum Gasteiger partial charge on any atom is -0.351 e. The molecule has 5 rings (SSSR count). The molecule has 2 fully saturated rings. The fourth-order valence-corrected chi connectivity index (χ4v) is 5.36. The minimum atomic E-state index is -0.292. The summed E-state index contributed by atoms with van der Waals surface area (Å²) in [6.45, 7) is 5.43. The number of piperidine rings is 1. The molecule has 2 aliphatic rings. The summed E-state index contributed by atoms with van der Waals surface area (Å²) >= 11 is 0. The lowest BCUT2D eigenvalue weighted by atomic mass is 10.1. The maximum atomic E-state index is 13.4. The van der Waals surface area contributed by atoms with E-state index in [9.17, 15) is 9.59 Å². The van der Waals surface area contributed by atoms with Crippen molar-refractivity contribution >= 4 is 22.6 Å². The van der Waals surface area contributed by atoms with Crippen LogP contribution in [0.2, 0.25) is 0 Å². The Kier molecular flexibility index (Phi) is 6.01. The largest absolute Gasteiger partial charge is 0.351 e. The fraction of sp³-hybridized carbons (Fsp3) is 0.520. The Morgan fingerprint density at radius 1 is 1.15 bits per heavy atom. The number of amides is 1. The highest BCUT2D eigenvalue weighted by molar-refractivity contribution is 5.96. The van der Waals surface area contributed by atoms with E-state index in [4.69, 9.17) is 10.4 Å². The number of likely N-dealkylation sites (tertiary alicyclic amines) is 1. The quantitative estimate of drug-likeness (QED) is 0.587. The molecule has 0 aromatic carbocycles. The summed E-state index contributed by atoms with van der Waals surface area (Å²) in [5.41, 5.74) is 2.21. The number of nitrogens with zero attached hydrogens (tertiary/aromatic N) is 4. The fourth-order valence-electron chi connectivity index (χ4n) is 5.36. The van der Waals surface area contributed by atoms with Crippen LogP contribution < -0.4 is 16.4 Å². The van der Waals surface area contributed by atoms with E-state index >= 15 is 0 Å². The molecule has 0 spiro atoms. The monoisotopic (exact) mass is 448 g/mol. The summed E-state index contributed by atoms with van der Waals surface area (Å²) in [5.74, 6) is -0.292. The number of carbonyl (C=O) groups excluding carboxylic acids is 1. The van der Waals surface area contributed by atoms with Crippen LogP contribution in [0.4, 0.5) is 0 Å². The van der Waals surface area contributed by atoms with Gasteiger partial charge in [0.15, 0.2) is 0 Å². The first kappa shape index (κ1) is 21.8. The molecule has 2 N–H and O–H groups in total. The maximum absolute atomic E-state index is 13.4. The first-order chi connectivity index (χ1) is 16.0. The summed E-state index contributed by atoms with van der Waals surface area (Å²) in [6.07, 6.45) is 9.43. The van der Waals surface area contributed by atoms with E-state index in [1.165, 1.54) is 23.7 Å². The summed E-state index contributed by atoms with van der Waals surface area (Å²) in [5, 5.41) is 12.3. The zero-order chi connectivity index (χ0) is 22.9. The Morgan fingerprint density at radius 2 is 1.91 bits per heavy atom. The van der Waals surface area contributed by atoms with Crippen molar-refractivity contribution in [3.8, 4) is 0 Å². The van der Waals surface area contributed by atoms with Crippen LogP contribution in [-0.2, 0) is 0 Å². The van der Waals surface area contributed by atoms with Crippen LogP contribution >= 0.6 is 0 Å². The summed E-state index contributed by atoms with van der Waals surface area (Å²) < 4.78 is 3.38. The molecule has 8 heteroatoms. The van der Waals surface area contributed by atoms with Crippen molar-refractivity contribution in [1.29, 1.82) is 5.41 Å². The molecule has 1 amide bonds. The Hall–Kier alpha value is -3.00. The van der Waals surface area contributed by atoms with Crippen LogP contribution in [0.3, 0.4) is 0 Å². The van der Waals surface area contributed by atoms with Crippen molar-refractivity contribution in [3.05, 3.63) is 51.4 Å². The number of aromatic nitrogens is 3. The summed E-state index contributed by atoms with van der Waals surface area (Å²) in [7, 11) is 0. The Balaban J connectivity index is 1.57. The van der Waals surface area contributed by atoms with Gasteiger partial charge in [-0.1, -0.05) is 25.3 Å². The van der Waals surface area contributed by atoms with Gasteiger partial charge < -0.3 is 14.8 Å². The molecule has 1 aliphatic heterocycles. The molecule has 3 aromatic rings. The topological polar surface area (TPSA) is 95.5 Å². The summed E-state index contributed by atoms with van der Waals surface area (Å²) in [6, 6.07) is 5.41. The molecule has 3 aromatic heterocycles. The number of rotatable bonds is 5. The van der Waals surface area contributed by atoms with Gasteiger partial charge in [0.05, 0.1) is 10.9 Å². The van der Waals surface area contributed by atoms with Crippen LogP contribution in [0.25, 0.3) is 16.7 Å². The van der Waals surface area contributed by atoms with Gasteiger partial charge in [0.1, 0.15) is 16.8 Å². The lowest BCUT2D eigenvalue weighted by molar-refractivity contribution is 0.0944. The van der Waals surface area contributed by atoms with Gasteiger partial charge in [0, 0.05) is 25.3 Å². The third-order valence-corrected chi connectivity index (χ3v) is 7.17. The molecular weight excluding hydrogens is 416 g/mol. The molecule has 0 radical (unpaired) electrons. The molecule has 0 unspecified atom stereocenters. The molecule has 1 saturated heterocycles. The van der Waals surface area contributed by atoms with Crippen molar-refractivity contribution < 1.29 is 4.79 Å². The highest BCUT2D eigenvalue weighted by Crippen LogP contribution is 2.30. The zero-order valence-electron chi connectivity index (χ0n) is 19.3. The van der Waals surface area contributed by atoms with Gasteiger partial charge in [0.25, 0.3) is 11.5 Å². The lowest BCUT2D eigenvalue weighted by Crippen LogP contribution is -2.40. The molecule has 8 nitrogen and oxygen atoms in total. The van der Waals surface area contributed by atoms with E-state index in [-0.39, 0.29) is 28.6 Å². The van der Waals surface area contributed by atoms with Crippen molar-refractivity contribution in [1.82, 2.24) is 24.2 Å². The second kappa shape index (κ2) is 9.09. The van der Waals surface area contributed by atoms with E-state index in [0.29, 0.717) is 23.2 Å². The third-order valence-electron chi connectivity index (χ3n) is 7.17. The van der Waals surface area contributed by atoms with Crippen LogP contribution in [0, 0.1) is 12.3 Å². The Labute approximate surface area is 192 Å². The van der Waals surface area contributed by atoms with E-state index in [1.807, 2.05) is 23.6 Å². The van der Waals surface area contributed by atoms with Gasteiger partial charge in [-0.3, -0.25) is 19.4 Å². The van der Waals surface area contributed by atoms with E-state index in [0.717, 1.165) is 50.9 Å². The molecule has 1 aliphatic carbocycles. The highest BCUT2D eigenvalue weighted by atomic mass is 16.1. The Morgan fingerprint density at radius 3 is 2.67 bits per heavy atom. The van der Waals surface area contributed by atoms with Crippen LogP contribution in [0.15, 0.2) is 29.2 Å². The maximum Gasteiger partial charge on any atom is 0.267 e. The smallest absolute Gasteiger partial charge is 0.267 e. The summed E-state index contributed by atoms with van der Waals surface area (Å²) in [4.78, 5) is 33.8. The van der Waals surface area contributed by atoms with Gasteiger partial charge in [-0.2, -0.15) is 0 Å². The first-order valence-corrected chi connectivity index (χ1v) is 12.2. The zero-order valence-corrected chi connectivity index (χ0v) is 19.3. The van der Waals surface area contributed by atoms with Crippen molar-refractivity contribution in [3.63, 3.8) is 0 Å². The average molecular weight is 449 g/mol. The number of aryl methyl sites for hydroxylation is 1. The van der Waals surface area contributed by atoms with Crippen LogP contribution in [-0.4, -0.2) is 50.9 Å². The van der Waals surface area contributed by atoms with Crippen LogP contribution in [0.1, 0.15) is 66.9 Å². The van der Waals surface area contributed by atoms with Gasteiger partial charge >= 0.3 is 0 Å². The average Bonchev–Trinajstić information content (AvgIpc) is 3.35. The number of fused-ring (bicyclic) bond motifs is 2. The van der Waals surface area contributed by atoms with Crippen LogP contribution in [0.5, 0.6) is 0 Å². The standard InChI is InChI=1S/C25H32N6O2/c1-17-8-7-14-30-22(17)28-23-20(25(30)33)16-19(21(26)31(23)18-9-3-4-10-18)24(32)27-11-15-29-12-5-2-6-13-29/h7-8,14,16,18,26H,2-6,9-13,15H2,1H3,(H,27,32). The molecule has 1 saturated carbocycles. The number of nitrogens with one attached hydrogen (secondary N) is 2. The van der Waals surface area contributed by atoms with E-state index in [2.05, 4.69) is 10.2 Å². The third kappa shape index (κ3) is 4.08. The molecule has 33 heavy (non-hydrogen) atoms. The lowest BCUT2D eigenvalue weighted by Gasteiger charge is -2.26. The molecular formula is C25H32N6O2. The number of pyridine rings is 2. The van der Waals surface area contributed by atoms with Gasteiger partial charge in [-0.05, 0) is 63.4 Å². The van der Waals surface area contributed by atoms with Gasteiger partial charge in [-0.25, -0.2) is 4.98 Å². The molecule has 0 bridgehead atoms. The highest BCUT2D eigenvalue weighted by Gasteiger charge is 2.24. The van der Waals surface area contributed by atoms with Gasteiger partial charge in [0.2, 0.25) is 0 Å². The predicted molar refractivity (Wildman–Crippen MR) is 128 cm³/mol.